The van der Waals surface area contributed by atoms with Gasteiger partial charge in [0.15, 0.2) is 11.5 Å². The molecule has 0 radical (unpaired) electrons. The summed E-state index contributed by atoms with van der Waals surface area (Å²) < 4.78 is 1.60. The van der Waals surface area contributed by atoms with E-state index in [4.69, 9.17) is 11.6 Å². The Balaban J connectivity index is 3.07. The molecular formula is C14H17ClN2O3. The summed E-state index contributed by atoms with van der Waals surface area (Å²) in [6.07, 6.45) is 0. The van der Waals surface area contributed by atoms with E-state index in [1.54, 1.807) is 4.68 Å². The Hall–Kier alpha value is -1.75. The molecule has 2 N–H and O–H groups in total. The van der Waals surface area contributed by atoms with Crippen LogP contribution in [0.1, 0.15) is 33.4 Å². The van der Waals surface area contributed by atoms with Crippen LogP contribution in [0.5, 0.6) is 11.5 Å². The van der Waals surface area contributed by atoms with E-state index in [9.17, 15) is 15.0 Å². The smallest absolute Gasteiger partial charge is 0.213 e. The van der Waals surface area contributed by atoms with Crippen molar-refractivity contribution >= 4 is 22.5 Å². The molecule has 108 valence electrons. The predicted octanol–water partition coefficient (Wildman–Crippen LogP) is 2.78. The molecule has 0 unspecified atom stereocenters. The van der Waals surface area contributed by atoms with Crippen molar-refractivity contribution in [1.29, 1.82) is 0 Å². The predicted molar refractivity (Wildman–Crippen MR) is 78.7 cm³/mol. The van der Waals surface area contributed by atoms with Crippen LogP contribution in [0.4, 0.5) is 0 Å². The second-order valence-electron chi connectivity index (χ2n) is 5.70. The summed E-state index contributed by atoms with van der Waals surface area (Å²) in [6, 6.07) is 1.31. The van der Waals surface area contributed by atoms with Gasteiger partial charge in [0.05, 0.1) is 15.9 Å². The number of hydrogen-bond donors (Lipinski definition) is 2. The Kier molecular flexibility index (Phi) is 3.42. The second-order valence-corrected chi connectivity index (χ2v) is 6.07. The quantitative estimate of drug-likeness (QED) is 0.794. The number of phenols is 2. The number of phenolic OH excluding ortho intramolecular Hbond substituents is 2. The lowest BCUT2D eigenvalue weighted by molar-refractivity contribution is 0.404. The van der Waals surface area contributed by atoms with Crippen LogP contribution >= 0.6 is 11.6 Å². The van der Waals surface area contributed by atoms with Gasteiger partial charge in [-0.05, 0) is 6.92 Å². The van der Waals surface area contributed by atoms with Crippen molar-refractivity contribution < 1.29 is 10.2 Å². The fourth-order valence-corrected chi connectivity index (χ4v) is 2.38. The Morgan fingerprint density at radius 2 is 1.95 bits per heavy atom. The standard InChI is InChI=1S/C14H17ClN2O3/c1-5-17-7-6-8(18)11(19)10(15)9(7)12(20)13(16-17)14(2,3)4/h6,18-19H,5H2,1-4H3. The van der Waals surface area contributed by atoms with Crippen molar-refractivity contribution in [2.75, 3.05) is 0 Å². The molecular weight excluding hydrogens is 280 g/mol. The van der Waals surface area contributed by atoms with Crippen molar-refractivity contribution in [3.63, 3.8) is 0 Å². The maximum absolute atomic E-state index is 12.6. The van der Waals surface area contributed by atoms with Gasteiger partial charge in [0.25, 0.3) is 0 Å². The fourth-order valence-electron chi connectivity index (χ4n) is 2.10. The van der Waals surface area contributed by atoms with Crippen molar-refractivity contribution in [2.24, 2.45) is 0 Å². The normalized spacial score (nSPS) is 12.1. The zero-order valence-corrected chi connectivity index (χ0v) is 12.6. The molecule has 0 saturated heterocycles. The lowest BCUT2D eigenvalue weighted by atomic mass is 9.91. The number of fused-ring (bicyclic) bond motifs is 1. The van der Waals surface area contributed by atoms with Crippen molar-refractivity contribution in [3.8, 4) is 11.5 Å². The minimum Gasteiger partial charge on any atom is -0.504 e. The molecule has 1 heterocycles. The lowest BCUT2D eigenvalue weighted by Gasteiger charge is -2.20. The van der Waals surface area contributed by atoms with Crippen LogP contribution in [0, 0.1) is 0 Å². The summed E-state index contributed by atoms with van der Waals surface area (Å²) in [4.78, 5) is 12.6. The molecule has 1 aromatic heterocycles. The first kappa shape index (κ1) is 14.7. The van der Waals surface area contributed by atoms with Crippen molar-refractivity contribution in [3.05, 3.63) is 27.0 Å². The molecule has 0 atom stereocenters. The maximum Gasteiger partial charge on any atom is 0.213 e. The van der Waals surface area contributed by atoms with Gasteiger partial charge in [-0.3, -0.25) is 9.48 Å². The van der Waals surface area contributed by atoms with E-state index in [-0.39, 0.29) is 21.6 Å². The molecule has 0 saturated carbocycles. The number of hydrogen-bond acceptors (Lipinski definition) is 4. The third kappa shape index (κ3) is 2.12. The molecule has 1 aromatic carbocycles. The SMILES string of the molecule is CCn1nc(C(C)(C)C)c(=O)c2c(Cl)c(O)c(O)cc21. The van der Waals surface area contributed by atoms with E-state index in [0.29, 0.717) is 17.8 Å². The summed E-state index contributed by atoms with van der Waals surface area (Å²) in [5, 5.41) is 23.8. The molecule has 0 bridgehead atoms. The molecule has 2 aromatic rings. The van der Waals surface area contributed by atoms with Crippen LogP contribution in [0.3, 0.4) is 0 Å². The van der Waals surface area contributed by atoms with Crippen molar-refractivity contribution in [1.82, 2.24) is 9.78 Å². The molecule has 2 rings (SSSR count). The third-order valence-corrected chi connectivity index (χ3v) is 3.52. The van der Waals surface area contributed by atoms with Gasteiger partial charge in [0.1, 0.15) is 5.69 Å². The topological polar surface area (TPSA) is 75.4 Å². The zero-order valence-electron chi connectivity index (χ0n) is 11.9. The number of aromatic nitrogens is 2. The second kappa shape index (κ2) is 4.66. The average Bonchev–Trinajstić information content (AvgIpc) is 2.34. The number of nitrogens with zero attached hydrogens (tertiary/aromatic N) is 2. The van der Waals surface area contributed by atoms with E-state index in [1.165, 1.54) is 6.07 Å². The van der Waals surface area contributed by atoms with Crippen LogP contribution in [0.2, 0.25) is 5.02 Å². The monoisotopic (exact) mass is 296 g/mol. The van der Waals surface area contributed by atoms with E-state index >= 15 is 0 Å². The van der Waals surface area contributed by atoms with Crippen LogP contribution < -0.4 is 5.43 Å². The fraction of sp³-hybridized carbons (Fsp3) is 0.429. The van der Waals surface area contributed by atoms with Crippen LogP contribution in [-0.4, -0.2) is 20.0 Å². The summed E-state index contributed by atoms with van der Waals surface area (Å²) in [6.45, 7) is 8.05. The van der Waals surface area contributed by atoms with Gasteiger partial charge >= 0.3 is 0 Å². The minimum atomic E-state index is -0.482. The van der Waals surface area contributed by atoms with Gasteiger partial charge in [-0.25, -0.2) is 0 Å². The van der Waals surface area contributed by atoms with E-state index < -0.39 is 11.2 Å². The van der Waals surface area contributed by atoms with Gasteiger partial charge in [-0.1, -0.05) is 32.4 Å². The maximum atomic E-state index is 12.6. The zero-order chi connectivity index (χ0) is 15.2. The first-order valence-corrected chi connectivity index (χ1v) is 6.72. The molecule has 0 aliphatic heterocycles. The average molecular weight is 297 g/mol. The molecule has 0 aliphatic rings. The number of rotatable bonds is 1. The lowest BCUT2D eigenvalue weighted by Crippen LogP contribution is -2.28. The number of halogens is 1. The van der Waals surface area contributed by atoms with Crippen LogP contribution in [-0.2, 0) is 12.0 Å². The van der Waals surface area contributed by atoms with Gasteiger partial charge in [-0.2, -0.15) is 5.10 Å². The molecule has 6 heteroatoms. The summed E-state index contributed by atoms with van der Waals surface area (Å²) in [5.41, 5.74) is 0.0149. The first-order valence-electron chi connectivity index (χ1n) is 6.34. The Labute approximate surface area is 121 Å². The number of aromatic hydroxyl groups is 2. The van der Waals surface area contributed by atoms with Crippen molar-refractivity contribution in [2.45, 2.75) is 39.7 Å². The summed E-state index contributed by atoms with van der Waals surface area (Å²) >= 11 is 6.04. The molecule has 5 nitrogen and oxygen atoms in total. The van der Waals surface area contributed by atoms with Crippen LogP contribution in [0.25, 0.3) is 10.9 Å². The molecule has 0 aliphatic carbocycles. The highest BCUT2D eigenvalue weighted by Crippen LogP contribution is 2.38. The van der Waals surface area contributed by atoms with E-state index in [1.807, 2.05) is 27.7 Å². The largest absolute Gasteiger partial charge is 0.504 e. The Morgan fingerprint density at radius 1 is 1.35 bits per heavy atom. The van der Waals surface area contributed by atoms with E-state index in [0.717, 1.165) is 0 Å². The van der Waals surface area contributed by atoms with E-state index in [2.05, 4.69) is 5.10 Å². The van der Waals surface area contributed by atoms with Gasteiger partial charge < -0.3 is 10.2 Å². The van der Waals surface area contributed by atoms with Crippen LogP contribution in [0.15, 0.2) is 10.9 Å². The highest BCUT2D eigenvalue weighted by Gasteiger charge is 2.25. The van der Waals surface area contributed by atoms with Gasteiger partial charge in [-0.15, -0.1) is 0 Å². The van der Waals surface area contributed by atoms with Gasteiger partial charge in [0.2, 0.25) is 5.43 Å². The number of aryl methyl sites for hydroxylation is 1. The van der Waals surface area contributed by atoms with Gasteiger partial charge in [0, 0.05) is 18.0 Å². The first-order chi connectivity index (χ1) is 9.18. The minimum absolute atomic E-state index is 0.139. The molecule has 20 heavy (non-hydrogen) atoms. The summed E-state index contributed by atoms with van der Waals surface area (Å²) in [5.74, 6) is -0.848. The molecule has 0 fully saturated rings. The highest BCUT2D eigenvalue weighted by molar-refractivity contribution is 6.37. The highest BCUT2D eigenvalue weighted by atomic mass is 35.5. The Morgan fingerprint density at radius 3 is 2.45 bits per heavy atom. The number of benzene rings is 1. The molecule has 0 spiro atoms. The Bertz CT molecular complexity index is 745. The summed E-state index contributed by atoms with van der Waals surface area (Å²) in [7, 11) is 0. The molecule has 0 amide bonds. The third-order valence-electron chi connectivity index (χ3n) is 3.15.